The topological polar surface area (TPSA) is 128 Å². The van der Waals surface area contributed by atoms with Gasteiger partial charge < -0.3 is 4.74 Å². The molecule has 1 fully saturated rings. The van der Waals surface area contributed by atoms with Crippen LogP contribution < -0.4 is 14.6 Å². The second-order valence-corrected chi connectivity index (χ2v) is 7.81. The van der Waals surface area contributed by atoms with E-state index in [4.69, 9.17) is 9.88 Å². The van der Waals surface area contributed by atoms with E-state index in [9.17, 15) is 16.8 Å². The number of ether oxygens (including phenoxy) is 1. The predicted molar refractivity (Wildman–Crippen MR) is 79.6 cm³/mol. The molecule has 21 heavy (non-hydrogen) atoms. The number of nitrogens with one attached hydrogen (secondary N) is 2. The molecule has 1 aliphatic heterocycles. The summed E-state index contributed by atoms with van der Waals surface area (Å²) in [5.74, 6) is -0.125. The van der Waals surface area contributed by atoms with E-state index in [-0.39, 0.29) is 23.2 Å². The third-order valence-electron chi connectivity index (χ3n) is 2.83. The minimum Gasteiger partial charge on any atom is -0.377 e. The molecule has 1 saturated heterocycles. The fourth-order valence-electron chi connectivity index (χ4n) is 2.05. The zero-order valence-corrected chi connectivity index (χ0v) is 12.8. The van der Waals surface area contributed by atoms with Gasteiger partial charge in [0.1, 0.15) is 0 Å². The molecule has 0 radical (unpaired) electrons. The first-order valence-corrected chi connectivity index (χ1v) is 9.46. The van der Waals surface area contributed by atoms with Gasteiger partial charge in [0, 0.05) is 6.61 Å². The lowest BCUT2D eigenvalue weighted by molar-refractivity contribution is 0.127. The molecule has 2 rings (SSSR count). The fraction of sp³-hybridized carbons (Fsp3) is 0.455. The Balaban J connectivity index is 2.06. The van der Waals surface area contributed by atoms with E-state index in [1.54, 1.807) is 0 Å². The van der Waals surface area contributed by atoms with Gasteiger partial charge in [0.05, 0.1) is 23.2 Å². The van der Waals surface area contributed by atoms with Gasteiger partial charge in [0.2, 0.25) is 10.0 Å². The molecule has 0 aromatic heterocycles. The zero-order valence-electron chi connectivity index (χ0n) is 11.2. The SMILES string of the molecule is NS(=O)(=O)Nc1cccc(NS(=O)(=O)CC2CCCO2)c1. The van der Waals surface area contributed by atoms with Crippen LogP contribution in [0.3, 0.4) is 0 Å². The number of benzene rings is 1. The molecule has 4 N–H and O–H groups in total. The molecule has 10 heteroatoms. The van der Waals surface area contributed by atoms with Crippen molar-refractivity contribution in [1.82, 2.24) is 0 Å². The van der Waals surface area contributed by atoms with Crippen molar-refractivity contribution in [3.05, 3.63) is 24.3 Å². The number of nitrogens with two attached hydrogens (primary N) is 1. The standard InChI is InChI=1S/C11H17N3O5S2/c12-21(17,18)14-10-4-1-3-9(7-10)13-20(15,16)8-11-5-2-6-19-11/h1,3-4,7,11,13-14H,2,5-6,8H2,(H2,12,17,18). The van der Waals surface area contributed by atoms with Crippen molar-refractivity contribution in [1.29, 1.82) is 0 Å². The molecule has 1 heterocycles. The minimum absolute atomic E-state index is 0.125. The van der Waals surface area contributed by atoms with E-state index >= 15 is 0 Å². The second kappa shape index (κ2) is 6.18. The molecule has 8 nitrogen and oxygen atoms in total. The maximum Gasteiger partial charge on any atom is 0.296 e. The highest BCUT2D eigenvalue weighted by Gasteiger charge is 2.23. The van der Waals surface area contributed by atoms with Crippen molar-refractivity contribution in [2.24, 2.45) is 5.14 Å². The first-order valence-electron chi connectivity index (χ1n) is 6.26. The van der Waals surface area contributed by atoms with Crippen LogP contribution in [-0.4, -0.2) is 35.3 Å². The van der Waals surface area contributed by atoms with Crippen LogP contribution in [0.25, 0.3) is 0 Å². The highest BCUT2D eigenvalue weighted by molar-refractivity contribution is 7.92. The summed E-state index contributed by atoms with van der Waals surface area (Å²) >= 11 is 0. The van der Waals surface area contributed by atoms with E-state index in [1.165, 1.54) is 24.3 Å². The smallest absolute Gasteiger partial charge is 0.296 e. The second-order valence-electron chi connectivity index (χ2n) is 4.75. The summed E-state index contributed by atoms with van der Waals surface area (Å²) in [5.41, 5.74) is 0.427. The summed E-state index contributed by atoms with van der Waals surface area (Å²) in [6.07, 6.45) is 1.27. The molecule has 1 aliphatic rings. The third-order valence-corrected chi connectivity index (χ3v) is 4.70. The summed E-state index contributed by atoms with van der Waals surface area (Å²) < 4.78 is 55.6. The Kier molecular flexibility index (Phi) is 4.71. The first-order chi connectivity index (χ1) is 9.73. The van der Waals surface area contributed by atoms with E-state index in [0.29, 0.717) is 13.0 Å². The average Bonchev–Trinajstić information content (AvgIpc) is 2.78. The van der Waals surface area contributed by atoms with Crippen molar-refractivity contribution >= 4 is 31.6 Å². The molecule has 0 bridgehead atoms. The normalized spacial score (nSPS) is 19.4. The molecule has 118 valence electrons. The molecular weight excluding hydrogens is 318 g/mol. The van der Waals surface area contributed by atoms with Crippen molar-refractivity contribution in [2.45, 2.75) is 18.9 Å². The van der Waals surface area contributed by atoms with Gasteiger partial charge >= 0.3 is 0 Å². The summed E-state index contributed by atoms with van der Waals surface area (Å²) in [6.45, 7) is 0.577. The number of hydrogen-bond acceptors (Lipinski definition) is 5. The Morgan fingerprint density at radius 2 is 1.86 bits per heavy atom. The number of rotatable bonds is 6. The molecule has 1 atom stereocenters. The van der Waals surface area contributed by atoms with Crippen LogP contribution in [-0.2, 0) is 25.0 Å². The van der Waals surface area contributed by atoms with Crippen molar-refractivity contribution < 1.29 is 21.6 Å². The predicted octanol–water partition coefficient (Wildman–Crippen LogP) is 0.223. The van der Waals surface area contributed by atoms with Gasteiger partial charge in [-0.1, -0.05) is 6.07 Å². The highest BCUT2D eigenvalue weighted by atomic mass is 32.2. The molecular formula is C11H17N3O5S2. The van der Waals surface area contributed by atoms with Crippen LogP contribution in [0.1, 0.15) is 12.8 Å². The van der Waals surface area contributed by atoms with Gasteiger partial charge in [-0.15, -0.1) is 0 Å². The summed E-state index contributed by atoms with van der Waals surface area (Å²) in [5, 5.41) is 4.86. The van der Waals surface area contributed by atoms with Crippen molar-refractivity contribution in [3.8, 4) is 0 Å². The Hall–Kier alpha value is -1.36. The van der Waals surface area contributed by atoms with E-state index in [1.807, 2.05) is 0 Å². The van der Waals surface area contributed by atoms with Crippen LogP contribution in [0.5, 0.6) is 0 Å². The largest absolute Gasteiger partial charge is 0.377 e. The summed E-state index contributed by atoms with van der Waals surface area (Å²) in [6, 6.07) is 5.83. The van der Waals surface area contributed by atoms with Gasteiger partial charge in [-0.3, -0.25) is 9.44 Å². The number of sulfonamides is 1. The Bertz CT molecular complexity index is 696. The fourth-order valence-corrected chi connectivity index (χ4v) is 3.83. The monoisotopic (exact) mass is 335 g/mol. The third kappa shape index (κ3) is 5.50. The first kappa shape index (κ1) is 16.0. The van der Waals surface area contributed by atoms with E-state index < -0.39 is 20.2 Å². The molecule has 1 aromatic rings. The van der Waals surface area contributed by atoms with Crippen molar-refractivity contribution in [2.75, 3.05) is 21.8 Å². The van der Waals surface area contributed by atoms with Gasteiger partial charge in [-0.25, -0.2) is 13.6 Å². The molecule has 1 unspecified atom stereocenters. The molecule has 0 aliphatic carbocycles. The Morgan fingerprint density at radius 1 is 1.19 bits per heavy atom. The number of anilines is 2. The van der Waals surface area contributed by atoms with Crippen LogP contribution in [0.15, 0.2) is 24.3 Å². The van der Waals surface area contributed by atoms with Crippen LogP contribution in [0.2, 0.25) is 0 Å². The maximum atomic E-state index is 12.0. The van der Waals surface area contributed by atoms with Gasteiger partial charge in [-0.05, 0) is 31.0 Å². The van der Waals surface area contributed by atoms with Gasteiger partial charge in [0.25, 0.3) is 10.2 Å². The van der Waals surface area contributed by atoms with E-state index in [0.717, 1.165) is 6.42 Å². The van der Waals surface area contributed by atoms with Gasteiger partial charge in [-0.2, -0.15) is 8.42 Å². The lowest BCUT2D eigenvalue weighted by Gasteiger charge is -2.13. The zero-order chi connectivity index (χ0) is 15.5. The minimum atomic E-state index is -3.90. The van der Waals surface area contributed by atoms with Crippen LogP contribution >= 0.6 is 0 Å². The van der Waals surface area contributed by atoms with Gasteiger partial charge in [0.15, 0.2) is 0 Å². The van der Waals surface area contributed by atoms with Crippen LogP contribution in [0, 0.1) is 0 Å². The maximum absolute atomic E-state index is 12.0. The van der Waals surface area contributed by atoms with E-state index in [2.05, 4.69) is 9.44 Å². The highest BCUT2D eigenvalue weighted by Crippen LogP contribution is 2.19. The summed E-state index contributed by atoms with van der Waals surface area (Å²) in [4.78, 5) is 0. The quantitative estimate of drug-likeness (QED) is 0.685. The molecule has 1 aromatic carbocycles. The van der Waals surface area contributed by atoms with Crippen LogP contribution in [0.4, 0.5) is 11.4 Å². The average molecular weight is 335 g/mol. The molecule has 0 amide bonds. The molecule has 0 spiro atoms. The Morgan fingerprint density at radius 3 is 2.43 bits per heavy atom. The lowest BCUT2D eigenvalue weighted by Crippen LogP contribution is -2.26. The Labute approximate surface area is 123 Å². The number of hydrogen-bond donors (Lipinski definition) is 3. The lowest BCUT2D eigenvalue weighted by atomic mass is 10.3. The van der Waals surface area contributed by atoms with Crippen molar-refractivity contribution in [3.63, 3.8) is 0 Å². The molecule has 0 saturated carbocycles. The summed E-state index contributed by atoms with van der Waals surface area (Å²) in [7, 11) is -7.47.